The molecule has 0 fully saturated rings. The van der Waals surface area contributed by atoms with Crippen molar-refractivity contribution >= 4 is 39.1 Å². The lowest BCUT2D eigenvalue weighted by atomic mass is 10.2. The van der Waals surface area contributed by atoms with Gasteiger partial charge in [0.05, 0.1) is 4.83 Å². The maximum absolute atomic E-state index is 11.3. The Hall–Kier alpha value is -1.36. The molecule has 0 radical (unpaired) electrons. The number of rotatable bonds is 3. The summed E-state index contributed by atoms with van der Waals surface area (Å²) in [5, 5.41) is 5.37. The SMILES string of the molecule is CC(=O)Nc1ccc(NC(=O)[C@@H](C)Br)cc1. The lowest BCUT2D eigenvalue weighted by molar-refractivity contribution is -0.115. The number of halogens is 1. The van der Waals surface area contributed by atoms with Crippen LogP contribution in [0.25, 0.3) is 0 Å². The number of benzene rings is 1. The number of alkyl halides is 1. The molecule has 0 unspecified atom stereocenters. The Morgan fingerprint density at radius 1 is 1.12 bits per heavy atom. The van der Waals surface area contributed by atoms with E-state index in [2.05, 4.69) is 26.6 Å². The summed E-state index contributed by atoms with van der Waals surface area (Å²) in [5.74, 6) is -0.224. The van der Waals surface area contributed by atoms with Gasteiger partial charge in [0.25, 0.3) is 0 Å². The van der Waals surface area contributed by atoms with Crippen LogP contribution in [0.15, 0.2) is 24.3 Å². The molecule has 1 rings (SSSR count). The maximum atomic E-state index is 11.3. The van der Waals surface area contributed by atoms with Gasteiger partial charge in [0, 0.05) is 18.3 Å². The second kappa shape index (κ2) is 5.65. The molecule has 0 heterocycles. The van der Waals surface area contributed by atoms with Crippen LogP contribution in [0.2, 0.25) is 0 Å². The molecule has 5 heteroatoms. The molecule has 0 spiro atoms. The molecule has 1 aromatic carbocycles. The summed E-state index contributed by atoms with van der Waals surface area (Å²) in [7, 11) is 0. The Balaban J connectivity index is 2.64. The highest BCUT2D eigenvalue weighted by Crippen LogP contribution is 2.14. The number of hydrogen-bond donors (Lipinski definition) is 2. The molecule has 0 saturated carbocycles. The first-order valence-corrected chi connectivity index (χ1v) is 5.73. The third kappa shape index (κ3) is 4.02. The molecule has 0 aromatic heterocycles. The van der Waals surface area contributed by atoms with Crippen molar-refractivity contribution in [3.05, 3.63) is 24.3 Å². The molecule has 16 heavy (non-hydrogen) atoms. The first-order valence-electron chi connectivity index (χ1n) is 4.81. The van der Waals surface area contributed by atoms with Gasteiger partial charge in [-0.05, 0) is 31.2 Å². The van der Waals surface area contributed by atoms with E-state index in [1.54, 1.807) is 31.2 Å². The molecule has 0 aliphatic carbocycles. The topological polar surface area (TPSA) is 58.2 Å². The highest BCUT2D eigenvalue weighted by Gasteiger charge is 2.08. The molecule has 1 aromatic rings. The summed E-state index contributed by atoms with van der Waals surface area (Å²) >= 11 is 3.18. The molecular formula is C11H13BrN2O2. The molecule has 4 nitrogen and oxygen atoms in total. The smallest absolute Gasteiger partial charge is 0.237 e. The van der Waals surface area contributed by atoms with Crippen LogP contribution in [0.4, 0.5) is 11.4 Å². The van der Waals surface area contributed by atoms with Crippen LogP contribution in [-0.2, 0) is 9.59 Å². The van der Waals surface area contributed by atoms with Crippen molar-refractivity contribution in [2.24, 2.45) is 0 Å². The van der Waals surface area contributed by atoms with Crippen LogP contribution in [0, 0.1) is 0 Å². The standard InChI is InChI=1S/C11H13BrN2O2/c1-7(12)11(16)14-10-5-3-9(4-6-10)13-8(2)15/h3-7H,1-2H3,(H,13,15)(H,14,16)/t7-/m1/s1. The van der Waals surface area contributed by atoms with Gasteiger partial charge in [-0.3, -0.25) is 9.59 Å². The fourth-order valence-corrected chi connectivity index (χ4v) is 1.20. The third-order valence-electron chi connectivity index (χ3n) is 1.83. The van der Waals surface area contributed by atoms with Gasteiger partial charge in [0.15, 0.2) is 0 Å². The zero-order valence-electron chi connectivity index (χ0n) is 9.08. The quantitative estimate of drug-likeness (QED) is 0.838. The normalized spacial score (nSPS) is 11.7. The number of amides is 2. The van der Waals surface area contributed by atoms with E-state index in [-0.39, 0.29) is 16.6 Å². The van der Waals surface area contributed by atoms with Gasteiger partial charge in [-0.25, -0.2) is 0 Å². The number of anilines is 2. The van der Waals surface area contributed by atoms with E-state index in [4.69, 9.17) is 0 Å². The van der Waals surface area contributed by atoms with Gasteiger partial charge in [-0.15, -0.1) is 0 Å². The fraction of sp³-hybridized carbons (Fsp3) is 0.273. The average molecular weight is 285 g/mol. The molecule has 1 atom stereocenters. The molecule has 2 amide bonds. The molecular weight excluding hydrogens is 272 g/mol. The minimum absolute atomic E-state index is 0.104. The number of carbonyl (C=O) groups excluding carboxylic acids is 2. The highest BCUT2D eigenvalue weighted by molar-refractivity contribution is 9.10. The minimum Gasteiger partial charge on any atom is -0.326 e. The molecule has 0 bridgehead atoms. The van der Waals surface area contributed by atoms with Crippen molar-refractivity contribution in [1.82, 2.24) is 0 Å². The van der Waals surface area contributed by atoms with Gasteiger partial charge in [0.2, 0.25) is 11.8 Å². The number of hydrogen-bond acceptors (Lipinski definition) is 2. The molecule has 2 N–H and O–H groups in total. The van der Waals surface area contributed by atoms with Crippen LogP contribution < -0.4 is 10.6 Å². The summed E-state index contributed by atoms with van der Waals surface area (Å²) in [6, 6.07) is 6.93. The molecule has 0 aliphatic rings. The van der Waals surface area contributed by atoms with Crippen molar-refractivity contribution in [3.63, 3.8) is 0 Å². The van der Waals surface area contributed by atoms with Gasteiger partial charge in [0.1, 0.15) is 0 Å². The third-order valence-corrected chi connectivity index (χ3v) is 2.25. The number of nitrogens with one attached hydrogen (secondary N) is 2. The van der Waals surface area contributed by atoms with Crippen molar-refractivity contribution in [3.8, 4) is 0 Å². The predicted molar refractivity (Wildman–Crippen MR) is 67.8 cm³/mol. The minimum atomic E-state index is -0.234. The van der Waals surface area contributed by atoms with Crippen LogP contribution in [-0.4, -0.2) is 16.6 Å². The van der Waals surface area contributed by atoms with E-state index < -0.39 is 0 Å². The second-order valence-corrected chi connectivity index (χ2v) is 4.74. The Kier molecular flexibility index (Phi) is 4.49. The average Bonchev–Trinajstić information content (AvgIpc) is 2.20. The summed E-state index contributed by atoms with van der Waals surface area (Å²) in [4.78, 5) is 21.9. The van der Waals surface area contributed by atoms with E-state index in [9.17, 15) is 9.59 Å². The highest BCUT2D eigenvalue weighted by atomic mass is 79.9. The van der Waals surface area contributed by atoms with E-state index in [1.807, 2.05) is 0 Å². The van der Waals surface area contributed by atoms with Gasteiger partial charge in [-0.1, -0.05) is 15.9 Å². The van der Waals surface area contributed by atoms with E-state index in [1.165, 1.54) is 6.92 Å². The largest absolute Gasteiger partial charge is 0.326 e. The Morgan fingerprint density at radius 3 is 1.94 bits per heavy atom. The molecule has 0 saturated heterocycles. The first kappa shape index (κ1) is 12.7. The number of carbonyl (C=O) groups is 2. The lowest BCUT2D eigenvalue weighted by Crippen LogP contribution is -2.19. The Morgan fingerprint density at radius 2 is 1.56 bits per heavy atom. The van der Waals surface area contributed by atoms with Crippen LogP contribution in [0.5, 0.6) is 0 Å². The summed E-state index contributed by atoms with van der Waals surface area (Å²) in [6.45, 7) is 3.20. The van der Waals surface area contributed by atoms with E-state index in [0.29, 0.717) is 11.4 Å². The second-order valence-electron chi connectivity index (χ2n) is 3.36. The van der Waals surface area contributed by atoms with Gasteiger partial charge < -0.3 is 10.6 Å². The predicted octanol–water partition coefficient (Wildman–Crippen LogP) is 2.37. The Bertz CT molecular complexity index is 387. The molecule has 86 valence electrons. The summed E-state index contributed by atoms with van der Waals surface area (Å²) < 4.78 is 0. The van der Waals surface area contributed by atoms with Gasteiger partial charge in [-0.2, -0.15) is 0 Å². The summed E-state index contributed by atoms with van der Waals surface area (Å²) in [6.07, 6.45) is 0. The zero-order valence-corrected chi connectivity index (χ0v) is 10.7. The Labute approximate surface area is 103 Å². The van der Waals surface area contributed by atoms with Gasteiger partial charge >= 0.3 is 0 Å². The van der Waals surface area contributed by atoms with Crippen molar-refractivity contribution in [2.45, 2.75) is 18.7 Å². The van der Waals surface area contributed by atoms with Crippen LogP contribution in [0.1, 0.15) is 13.8 Å². The lowest BCUT2D eigenvalue weighted by Gasteiger charge is -2.07. The monoisotopic (exact) mass is 284 g/mol. The van der Waals surface area contributed by atoms with E-state index in [0.717, 1.165) is 0 Å². The van der Waals surface area contributed by atoms with Crippen molar-refractivity contribution < 1.29 is 9.59 Å². The van der Waals surface area contributed by atoms with E-state index >= 15 is 0 Å². The first-order chi connectivity index (χ1) is 7.49. The van der Waals surface area contributed by atoms with Crippen LogP contribution in [0.3, 0.4) is 0 Å². The van der Waals surface area contributed by atoms with Crippen molar-refractivity contribution in [1.29, 1.82) is 0 Å². The van der Waals surface area contributed by atoms with Crippen molar-refractivity contribution in [2.75, 3.05) is 10.6 Å². The zero-order chi connectivity index (χ0) is 12.1. The maximum Gasteiger partial charge on any atom is 0.237 e. The fourth-order valence-electron chi connectivity index (χ4n) is 1.08. The van der Waals surface area contributed by atoms with Crippen LogP contribution >= 0.6 is 15.9 Å². The summed E-state index contributed by atoms with van der Waals surface area (Å²) in [5.41, 5.74) is 1.41. The molecule has 0 aliphatic heterocycles.